The largest absolute Gasteiger partial charge is 0.493 e. The molecule has 0 unspecified atom stereocenters. The number of anilines is 1. The zero-order valence-corrected chi connectivity index (χ0v) is 11.2. The first-order valence-electron chi connectivity index (χ1n) is 6.44. The van der Waals surface area contributed by atoms with Crippen molar-refractivity contribution in [2.24, 2.45) is 5.92 Å². The van der Waals surface area contributed by atoms with Crippen molar-refractivity contribution in [3.05, 3.63) is 18.2 Å². The second kappa shape index (κ2) is 5.96. The van der Waals surface area contributed by atoms with Gasteiger partial charge in [0.25, 0.3) is 0 Å². The number of rotatable bonds is 4. The normalized spacial score (nSPS) is 17.7. The summed E-state index contributed by atoms with van der Waals surface area (Å²) < 4.78 is 11.1. The first-order chi connectivity index (χ1) is 8.69. The van der Waals surface area contributed by atoms with Crippen molar-refractivity contribution >= 4 is 5.69 Å². The van der Waals surface area contributed by atoms with E-state index in [2.05, 4.69) is 11.9 Å². The summed E-state index contributed by atoms with van der Waals surface area (Å²) in [7, 11) is 3.81. The standard InChI is InChI=1S/C14H22N2O2/c1-16-7-5-11(6-8-16)10-18-14-9-12(15)3-4-13(14)17-2/h3-4,9,11H,5-8,10,15H2,1-2H3. The number of piperidine rings is 1. The molecule has 0 amide bonds. The molecule has 4 nitrogen and oxygen atoms in total. The van der Waals surface area contributed by atoms with Gasteiger partial charge in [-0.25, -0.2) is 0 Å². The van der Waals surface area contributed by atoms with Gasteiger partial charge in [-0.1, -0.05) is 0 Å². The van der Waals surface area contributed by atoms with Crippen molar-refractivity contribution in [3.8, 4) is 11.5 Å². The maximum atomic E-state index is 5.86. The smallest absolute Gasteiger partial charge is 0.163 e. The predicted octanol–water partition coefficient (Wildman–Crippen LogP) is 2.00. The van der Waals surface area contributed by atoms with Crippen LogP contribution >= 0.6 is 0 Å². The predicted molar refractivity (Wildman–Crippen MR) is 73.1 cm³/mol. The van der Waals surface area contributed by atoms with Crippen LogP contribution in [0.25, 0.3) is 0 Å². The van der Waals surface area contributed by atoms with E-state index < -0.39 is 0 Å². The van der Waals surface area contributed by atoms with Crippen LogP contribution in [0.1, 0.15) is 12.8 Å². The first-order valence-corrected chi connectivity index (χ1v) is 6.44. The van der Waals surface area contributed by atoms with Crippen LogP contribution in [0.3, 0.4) is 0 Å². The van der Waals surface area contributed by atoms with Gasteiger partial charge in [-0.05, 0) is 51.0 Å². The average molecular weight is 250 g/mol. The Morgan fingerprint density at radius 2 is 2.00 bits per heavy atom. The van der Waals surface area contributed by atoms with Crippen molar-refractivity contribution in [3.63, 3.8) is 0 Å². The summed E-state index contributed by atoms with van der Waals surface area (Å²) in [6.45, 7) is 3.05. The van der Waals surface area contributed by atoms with E-state index in [0.29, 0.717) is 11.6 Å². The summed E-state index contributed by atoms with van der Waals surface area (Å²) in [5, 5.41) is 0. The Hall–Kier alpha value is -1.42. The molecule has 1 aromatic carbocycles. The molecule has 0 atom stereocenters. The first kappa shape index (κ1) is 13.0. The number of methoxy groups -OCH3 is 1. The molecular weight excluding hydrogens is 228 g/mol. The quantitative estimate of drug-likeness (QED) is 0.830. The minimum absolute atomic E-state index is 0.632. The van der Waals surface area contributed by atoms with Gasteiger partial charge < -0.3 is 20.1 Å². The van der Waals surface area contributed by atoms with Crippen molar-refractivity contribution < 1.29 is 9.47 Å². The Morgan fingerprint density at radius 1 is 1.28 bits per heavy atom. The summed E-state index contributed by atoms with van der Waals surface area (Å²) in [4.78, 5) is 2.36. The maximum absolute atomic E-state index is 5.86. The Morgan fingerprint density at radius 3 is 2.67 bits per heavy atom. The number of ether oxygens (including phenoxy) is 2. The van der Waals surface area contributed by atoms with Crippen LogP contribution in [0.4, 0.5) is 5.69 Å². The maximum Gasteiger partial charge on any atom is 0.163 e. The second-order valence-electron chi connectivity index (χ2n) is 4.97. The van der Waals surface area contributed by atoms with E-state index in [1.807, 2.05) is 18.2 Å². The van der Waals surface area contributed by atoms with Crippen LogP contribution in [-0.4, -0.2) is 38.8 Å². The van der Waals surface area contributed by atoms with Crippen LogP contribution in [0.5, 0.6) is 11.5 Å². The average Bonchev–Trinajstić information content (AvgIpc) is 2.38. The van der Waals surface area contributed by atoms with Gasteiger partial charge in [-0.3, -0.25) is 0 Å². The third kappa shape index (κ3) is 3.29. The van der Waals surface area contributed by atoms with Gasteiger partial charge in [0, 0.05) is 11.8 Å². The summed E-state index contributed by atoms with van der Waals surface area (Å²) in [5.74, 6) is 2.13. The van der Waals surface area contributed by atoms with Gasteiger partial charge in [0.2, 0.25) is 0 Å². The summed E-state index contributed by atoms with van der Waals surface area (Å²) in [5.41, 5.74) is 6.47. The molecule has 0 spiro atoms. The van der Waals surface area contributed by atoms with Crippen molar-refractivity contribution in [1.82, 2.24) is 4.90 Å². The lowest BCUT2D eigenvalue weighted by Crippen LogP contribution is -2.32. The van der Waals surface area contributed by atoms with Gasteiger partial charge >= 0.3 is 0 Å². The lowest BCUT2D eigenvalue weighted by molar-refractivity contribution is 0.157. The van der Waals surface area contributed by atoms with Crippen molar-refractivity contribution in [1.29, 1.82) is 0 Å². The van der Waals surface area contributed by atoms with E-state index in [1.54, 1.807) is 7.11 Å². The molecule has 1 heterocycles. The fourth-order valence-electron chi connectivity index (χ4n) is 2.24. The molecule has 1 saturated heterocycles. The summed E-state index contributed by atoms with van der Waals surface area (Å²) in [6, 6.07) is 5.49. The van der Waals surface area contributed by atoms with E-state index in [1.165, 1.54) is 12.8 Å². The van der Waals surface area contributed by atoms with Crippen LogP contribution in [-0.2, 0) is 0 Å². The second-order valence-corrected chi connectivity index (χ2v) is 4.97. The zero-order chi connectivity index (χ0) is 13.0. The minimum atomic E-state index is 0.632. The topological polar surface area (TPSA) is 47.7 Å². The Labute approximate surface area is 109 Å². The van der Waals surface area contributed by atoms with E-state index >= 15 is 0 Å². The van der Waals surface area contributed by atoms with Gasteiger partial charge in [-0.2, -0.15) is 0 Å². The highest BCUT2D eigenvalue weighted by molar-refractivity contribution is 5.51. The molecule has 0 radical (unpaired) electrons. The molecule has 2 N–H and O–H groups in total. The number of benzene rings is 1. The molecule has 2 rings (SSSR count). The summed E-state index contributed by atoms with van der Waals surface area (Å²) >= 11 is 0. The molecule has 1 fully saturated rings. The molecule has 1 aliphatic rings. The van der Waals surface area contributed by atoms with E-state index in [0.717, 1.165) is 31.2 Å². The van der Waals surface area contributed by atoms with Crippen molar-refractivity contribution in [2.75, 3.05) is 39.6 Å². The Balaban J connectivity index is 1.91. The lowest BCUT2D eigenvalue weighted by Gasteiger charge is -2.28. The third-order valence-electron chi connectivity index (χ3n) is 3.50. The van der Waals surface area contributed by atoms with Crippen LogP contribution in [0, 0.1) is 5.92 Å². The highest BCUT2D eigenvalue weighted by Gasteiger charge is 2.17. The Bertz CT molecular complexity index is 387. The highest BCUT2D eigenvalue weighted by Crippen LogP contribution is 2.30. The molecule has 1 aliphatic heterocycles. The van der Waals surface area contributed by atoms with Gasteiger partial charge in [0.05, 0.1) is 13.7 Å². The number of nitrogen functional groups attached to an aromatic ring is 1. The van der Waals surface area contributed by atoms with Crippen LogP contribution < -0.4 is 15.2 Å². The van der Waals surface area contributed by atoms with E-state index in [4.69, 9.17) is 15.2 Å². The van der Waals surface area contributed by atoms with Gasteiger partial charge in [-0.15, -0.1) is 0 Å². The highest BCUT2D eigenvalue weighted by atomic mass is 16.5. The van der Waals surface area contributed by atoms with Gasteiger partial charge in [0.1, 0.15) is 0 Å². The fraction of sp³-hybridized carbons (Fsp3) is 0.571. The lowest BCUT2D eigenvalue weighted by atomic mass is 9.98. The number of nitrogens with two attached hydrogens (primary N) is 1. The third-order valence-corrected chi connectivity index (χ3v) is 3.50. The monoisotopic (exact) mass is 250 g/mol. The fourth-order valence-corrected chi connectivity index (χ4v) is 2.24. The van der Waals surface area contributed by atoms with Crippen molar-refractivity contribution in [2.45, 2.75) is 12.8 Å². The minimum Gasteiger partial charge on any atom is -0.493 e. The Kier molecular flexibility index (Phi) is 4.31. The molecule has 0 aromatic heterocycles. The zero-order valence-electron chi connectivity index (χ0n) is 11.2. The number of likely N-dealkylation sites (tertiary alicyclic amines) is 1. The molecule has 0 aliphatic carbocycles. The SMILES string of the molecule is COc1ccc(N)cc1OCC1CCN(C)CC1. The summed E-state index contributed by atoms with van der Waals surface area (Å²) in [6.07, 6.45) is 2.39. The molecule has 18 heavy (non-hydrogen) atoms. The molecular formula is C14H22N2O2. The molecule has 1 aromatic rings. The van der Waals surface area contributed by atoms with E-state index in [-0.39, 0.29) is 0 Å². The molecule has 100 valence electrons. The molecule has 0 bridgehead atoms. The van der Waals surface area contributed by atoms with Crippen LogP contribution in [0.15, 0.2) is 18.2 Å². The van der Waals surface area contributed by atoms with Gasteiger partial charge in [0.15, 0.2) is 11.5 Å². The number of nitrogens with zero attached hydrogens (tertiary/aromatic N) is 1. The molecule has 4 heteroatoms. The number of hydrogen-bond acceptors (Lipinski definition) is 4. The molecule has 0 saturated carbocycles. The van der Waals surface area contributed by atoms with Crippen LogP contribution in [0.2, 0.25) is 0 Å². The van der Waals surface area contributed by atoms with E-state index in [9.17, 15) is 0 Å². The number of hydrogen-bond donors (Lipinski definition) is 1.